The lowest BCUT2D eigenvalue weighted by molar-refractivity contribution is -0.0636. The van der Waals surface area contributed by atoms with Crippen LogP contribution in [-0.2, 0) is 4.74 Å². The Morgan fingerprint density at radius 3 is 2.45 bits per heavy atom. The summed E-state index contributed by atoms with van der Waals surface area (Å²) < 4.78 is 4.70. The minimum absolute atomic E-state index is 0.498. The number of hydrogen-bond donors (Lipinski definition) is 4. The largest absolute Gasteiger partial charge is 0.394 e. The molecule has 4 atom stereocenters. The van der Waals surface area contributed by atoms with E-state index >= 15 is 0 Å². The second-order valence-corrected chi connectivity index (χ2v) is 2.47. The van der Waals surface area contributed by atoms with Crippen molar-refractivity contribution in [2.45, 2.75) is 24.4 Å². The second kappa shape index (κ2) is 3.46. The van der Waals surface area contributed by atoms with E-state index in [0.29, 0.717) is 0 Å². The first-order chi connectivity index (χ1) is 5.16. The van der Waals surface area contributed by atoms with Gasteiger partial charge in [0.05, 0.1) is 6.61 Å². The van der Waals surface area contributed by atoms with Crippen LogP contribution in [0, 0.1) is 6.61 Å². The molecule has 1 rings (SSSR count). The van der Waals surface area contributed by atoms with E-state index in [0.717, 1.165) is 6.61 Å². The molecule has 1 aliphatic heterocycles. The highest BCUT2D eigenvalue weighted by atomic mass is 16.5. The molecule has 0 saturated carbocycles. The first kappa shape index (κ1) is 8.89. The number of aliphatic hydroxyl groups excluding tert-OH is 4. The molecular weight excluding hydrogens is 152 g/mol. The highest BCUT2D eigenvalue weighted by Gasteiger charge is 2.39. The number of aliphatic hydroxyl groups is 4. The van der Waals surface area contributed by atoms with Crippen molar-refractivity contribution >= 4 is 0 Å². The van der Waals surface area contributed by atoms with Crippen LogP contribution in [0.3, 0.4) is 0 Å². The van der Waals surface area contributed by atoms with Crippen molar-refractivity contribution in [3.63, 3.8) is 0 Å². The molecule has 65 valence electrons. The summed E-state index contributed by atoms with van der Waals surface area (Å²) in [6.07, 6.45) is -4.31. The van der Waals surface area contributed by atoms with Gasteiger partial charge >= 0.3 is 0 Å². The third-order valence-electron chi connectivity index (χ3n) is 1.63. The Hall–Kier alpha value is -0.200. The first-order valence-electron chi connectivity index (χ1n) is 3.30. The van der Waals surface area contributed by atoms with Crippen molar-refractivity contribution in [2.75, 3.05) is 6.61 Å². The zero-order valence-electron chi connectivity index (χ0n) is 5.79. The molecule has 1 heterocycles. The molecule has 0 amide bonds. The SMILES string of the molecule is OC[C@H](O)[C@@H]1O[CH][C@@H](O)[C@@H]1O. The van der Waals surface area contributed by atoms with Crippen LogP contribution in [0.5, 0.6) is 0 Å². The van der Waals surface area contributed by atoms with E-state index in [4.69, 9.17) is 25.2 Å². The van der Waals surface area contributed by atoms with E-state index in [1.165, 1.54) is 0 Å². The summed E-state index contributed by atoms with van der Waals surface area (Å²) in [5.41, 5.74) is 0. The Morgan fingerprint density at radius 1 is 1.45 bits per heavy atom. The Bertz CT molecular complexity index is 128. The van der Waals surface area contributed by atoms with Crippen LogP contribution in [0.25, 0.3) is 0 Å². The Morgan fingerprint density at radius 2 is 2.09 bits per heavy atom. The highest BCUT2D eigenvalue weighted by Crippen LogP contribution is 2.20. The van der Waals surface area contributed by atoms with E-state index in [-0.39, 0.29) is 0 Å². The lowest BCUT2D eigenvalue weighted by Gasteiger charge is -2.18. The highest BCUT2D eigenvalue weighted by molar-refractivity contribution is 4.93. The molecule has 4 N–H and O–H groups in total. The monoisotopic (exact) mass is 163 g/mol. The summed E-state index contributed by atoms with van der Waals surface area (Å²) in [6, 6.07) is 0. The van der Waals surface area contributed by atoms with Crippen LogP contribution in [0.4, 0.5) is 0 Å². The van der Waals surface area contributed by atoms with E-state index in [2.05, 4.69) is 0 Å². The zero-order valence-corrected chi connectivity index (χ0v) is 5.79. The topological polar surface area (TPSA) is 90.2 Å². The summed E-state index contributed by atoms with van der Waals surface area (Å²) in [5.74, 6) is 0. The van der Waals surface area contributed by atoms with Gasteiger partial charge in [-0.05, 0) is 0 Å². The lowest BCUT2D eigenvalue weighted by Crippen LogP contribution is -2.40. The third kappa shape index (κ3) is 1.69. The van der Waals surface area contributed by atoms with Gasteiger partial charge in [0.15, 0.2) is 0 Å². The predicted molar refractivity (Wildman–Crippen MR) is 34.3 cm³/mol. The van der Waals surface area contributed by atoms with Crippen molar-refractivity contribution in [3.8, 4) is 0 Å². The van der Waals surface area contributed by atoms with Gasteiger partial charge in [-0.1, -0.05) is 0 Å². The van der Waals surface area contributed by atoms with Gasteiger partial charge in [-0.25, -0.2) is 0 Å². The summed E-state index contributed by atoms with van der Waals surface area (Å²) >= 11 is 0. The van der Waals surface area contributed by atoms with E-state index < -0.39 is 31.0 Å². The van der Waals surface area contributed by atoms with Crippen LogP contribution in [-0.4, -0.2) is 51.4 Å². The summed E-state index contributed by atoms with van der Waals surface area (Å²) in [6.45, 7) is 0.538. The molecule has 1 saturated heterocycles. The summed E-state index contributed by atoms with van der Waals surface area (Å²) in [5, 5.41) is 35.4. The van der Waals surface area contributed by atoms with E-state index in [9.17, 15) is 0 Å². The molecule has 11 heavy (non-hydrogen) atoms. The number of rotatable bonds is 2. The zero-order chi connectivity index (χ0) is 8.43. The maximum atomic E-state index is 9.08. The van der Waals surface area contributed by atoms with Crippen molar-refractivity contribution in [1.82, 2.24) is 0 Å². The molecule has 5 nitrogen and oxygen atoms in total. The maximum absolute atomic E-state index is 9.08. The van der Waals surface area contributed by atoms with Crippen LogP contribution in [0.1, 0.15) is 0 Å². The van der Waals surface area contributed by atoms with Gasteiger partial charge in [-0.3, -0.25) is 0 Å². The molecule has 5 heteroatoms. The Labute approximate surface area is 63.8 Å². The molecular formula is C6H11O5. The summed E-state index contributed by atoms with van der Waals surface area (Å²) in [4.78, 5) is 0. The fourth-order valence-corrected chi connectivity index (χ4v) is 0.949. The number of ether oxygens (including phenoxy) is 1. The molecule has 0 aromatic heterocycles. The van der Waals surface area contributed by atoms with Gasteiger partial charge in [0.1, 0.15) is 31.0 Å². The van der Waals surface area contributed by atoms with E-state index in [1.807, 2.05) is 0 Å². The fraction of sp³-hybridized carbons (Fsp3) is 0.833. The van der Waals surface area contributed by atoms with Crippen molar-refractivity contribution in [3.05, 3.63) is 6.61 Å². The second-order valence-electron chi connectivity index (χ2n) is 2.47. The normalized spacial score (nSPS) is 40.9. The van der Waals surface area contributed by atoms with Gasteiger partial charge in [-0.15, -0.1) is 0 Å². The van der Waals surface area contributed by atoms with Crippen LogP contribution in [0.15, 0.2) is 0 Å². The van der Waals surface area contributed by atoms with Gasteiger partial charge < -0.3 is 25.2 Å². The average Bonchev–Trinajstić information content (AvgIpc) is 2.32. The molecule has 0 spiro atoms. The van der Waals surface area contributed by atoms with Crippen LogP contribution >= 0.6 is 0 Å². The molecule has 0 unspecified atom stereocenters. The van der Waals surface area contributed by atoms with Crippen molar-refractivity contribution < 1.29 is 25.2 Å². The third-order valence-corrected chi connectivity index (χ3v) is 1.63. The van der Waals surface area contributed by atoms with Crippen molar-refractivity contribution in [2.24, 2.45) is 0 Å². The lowest BCUT2D eigenvalue weighted by atomic mass is 10.1. The molecule has 0 aliphatic carbocycles. The average molecular weight is 163 g/mol. The molecule has 0 aromatic rings. The molecule has 1 aliphatic rings. The molecule has 0 bridgehead atoms. The van der Waals surface area contributed by atoms with Gasteiger partial charge in [0, 0.05) is 0 Å². The quantitative estimate of drug-likeness (QED) is 0.365. The van der Waals surface area contributed by atoms with Gasteiger partial charge in [-0.2, -0.15) is 0 Å². The van der Waals surface area contributed by atoms with Crippen LogP contribution < -0.4 is 0 Å². The summed E-state index contributed by atoms with van der Waals surface area (Å²) in [7, 11) is 0. The van der Waals surface area contributed by atoms with Crippen molar-refractivity contribution in [1.29, 1.82) is 0 Å². The predicted octanol–water partition coefficient (Wildman–Crippen LogP) is -2.38. The Kier molecular flexibility index (Phi) is 2.80. The maximum Gasteiger partial charge on any atom is 0.115 e. The van der Waals surface area contributed by atoms with E-state index in [1.54, 1.807) is 0 Å². The first-order valence-corrected chi connectivity index (χ1v) is 3.30. The minimum atomic E-state index is -1.16. The number of hydrogen-bond acceptors (Lipinski definition) is 5. The smallest absolute Gasteiger partial charge is 0.115 e. The Balaban J connectivity index is 2.47. The molecule has 1 fully saturated rings. The molecule has 1 radical (unpaired) electrons. The minimum Gasteiger partial charge on any atom is -0.394 e. The standard InChI is InChI=1S/C6H11O5/c7-1-3(8)6-5(10)4(9)2-11-6/h2-10H,1H2/t3-,4+,5-,6-/m0/s1. The van der Waals surface area contributed by atoms with Gasteiger partial charge in [0.25, 0.3) is 0 Å². The van der Waals surface area contributed by atoms with Gasteiger partial charge in [0.2, 0.25) is 0 Å². The molecule has 0 aromatic carbocycles. The van der Waals surface area contributed by atoms with Crippen LogP contribution in [0.2, 0.25) is 0 Å². The fourth-order valence-electron chi connectivity index (χ4n) is 0.949.